The monoisotopic (exact) mass is 254 g/mol. The van der Waals surface area contributed by atoms with E-state index in [1.165, 1.54) is 0 Å². The number of carbonyl (C=O) groups excluding carboxylic acids is 1. The number of carbonyl (C=O) groups is 1. The highest BCUT2D eigenvalue weighted by Gasteiger charge is 2.12. The van der Waals surface area contributed by atoms with Crippen molar-refractivity contribution in [1.82, 2.24) is 10.6 Å². The second kappa shape index (κ2) is 5.92. The van der Waals surface area contributed by atoms with Crippen molar-refractivity contribution in [2.75, 3.05) is 6.54 Å². The molecule has 0 aliphatic carbocycles. The molecule has 2 N–H and O–H groups in total. The van der Waals surface area contributed by atoms with Crippen LogP contribution in [0.25, 0.3) is 0 Å². The van der Waals surface area contributed by atoms with Crippen molar-refractivity contribution in [2.45, 2.75) is 32.7 Å². The Labute approximate surface area is 108 Å². The Hall–Kier alpha value is -1.22. The normalized spacial score (nSPS) is 11.1. The lowest BCUT2D eigenvalue weighted by atomic mass is 10.1. The molecule has 4 heteroatoms. The number of nitrogens with one attached hydrogen (secondary N) is 2. The van der Waals surface area contributed by atoms with E-state index in [1.54, 1.807) is 0 Å². The molecule has 0 unspecified atom stereocenters. The number of hydrogen-bond donors (Lipinski definition) is 2. The molecule has 0 saturated carbocycles. The summed E-state index contributed by atoms with van der Waals surface area (Å²) in [6.07, 6.45) is 0.776. The van der Waals surface area contributed by atoms with Gasteiger partial charge in [0, 0.05) is 17.1 Å². The molecule has 0 aromatic heterocycles. The zero-order valence-corrected chi connectivity index (χ0v) is 11.3. The van der Waals surface area contributed by atoms with Crippen LogP contribution in [0.1, 0.15) is 26.3 Å². The smallest absolute Gasteiger partial charge is 0.315 e. The van der Waals surface area contributed by atoms with Gasteiger partial charge in [0.1, 0.15) is 0 Å². The zero-order valence-electron chi connectivity index (χ0n) is 10.5. The van der Waals surface area contributed by atoms with Crippen molar-refractivity contribution in [3.05, 3.63) is 34.9 Å². The largest absolute Gasteiger partial charge is 0.338 e. The van der Waals surface area contributed by atoms with Gasteiger partial charge in [0.2, 0.25) is 0 Å². The minimum absolute atomic E-state index is 0.139. The van der Waals surface area contributed by atoms with Gasteiger partial charge in [0.05, 0.1) is 0 Å². The Balaban J connectivity index is 2.31. The number of benzene rings is 1. The van der Waals surface area contributed by atoms with Crippen molar-refractivity contribution < 1.29 is 4.79 Å². The highest BCUT2D eigenvalue weighted by atomic mass is 35.5. The first-order chi connectivity index (χ1) is 7.87. The summed E-state index contributed by atoms with van der Waals surface area (Å²) < 4.78 is 0. The fourth-order valence-electron chi connectivity index (χ4n) is 1.40. The Bertz CT molecular complexity index is 385. The van der Waals surface area contributed by atoms with Crippen molar-refractivity contribution in [3.63, 3.8) is 0 Å². The first kappa shape index (κ1) is 13.8. The third kappa shape index (κ3) is 6.17. The molecule has 0 saturated heterocycles. The molecule has 0 aliphatic heterocycles. The second-order valence-electron chi connectivity index (χ2n) is 5.01. The summed E-state index contributed by atoms with van der Waals surface area (Å²) in [7, 11) is 0. The van der Waals surface area contributed by atoms with Crippen LogP contribution in [0.15, 0.2) is 24.3 Å². The highest BCUT2D eigenvalue weighted by Crippen LogP contribution is 2.10. The van der Waals surface area contributed by atoms with Gasteiger partial charge in [-0.1, -0.05) is 23.7 Å². The average Bonchev–Trinajstić information content (AvgIpc) is 2.14. The van der Waals surface area contributed by atoms with Crippen LogP contribution in [0.4, 0.5) is 4.79 Å². The van der Waals surface area contributed by atoms with Crippen LogP contribution in [-0.4, -0.2) is 18.1 Å². The minimum Gasteiger partial charge on any atom is -0.338 e. The predicted octanol–water partition coefficient (Wildman–Crippen LogP) is 2.98. The van der Waals surface area contributed by atoms with Gasteiger partial charge in [-0.25, -0.2) is 4.79 Å². The summed E-state index contributed by atoms with van der Waals surface area (Å²) in [6, 6.07) is 7.51. The number of urea groups is 1. The lowest BCUT2D eigenvalue weighted by Gasteiger charge is -2.20. The Morgan fingerprint density at radius 2 is 2.06 bits per heavy atom. The van der Waals surface area contributed by atoms with Crippen molar-refractivity contribution in [2.24, 2.45) is 0 Å². The first-order valence-corrected chi connectivity index (χ1v) is 6.05. The molecule has 94 valence electrons. The van der Waals surface area contributed by atoms with E-state index in [2.05, 4.69) is 10.6 Å². The van der Waals surface area contributed by atoms with Crippen molar-refractivity contribution in [1.29, 1.82) is 0 Å². The van der Waals surface area contributed by atoms with E-state index in [0.29, 0.717) is 6.54 Å². The summed E-state index contributed by atoms with van der Waals surface area (Å²) in [5, 5.41) is 6.38. The molecule has 1 aromatic rings. The molecule has 0 heterocycles. The van der Waals surface area contributed by atoms with Crippen LogP contribution in [0.3, 0.4) is 0 Å². The highest BCUT2D eigenvalue weighted by molar-refractivity contribution is 6.30. The van der Waals surface area contributed by atoms with E-state index < -0.39 is 0 Å². The third-order valence-corrected chi connectivity index (χ3v) is 2.31. The summed E-state index contributed by atoms with van der Waals surface area (Å²) in [4.78, 5) is 11.5. The molecule has 1 rings (SSSR count). The second-order valence-corrected chi connectivity index (χ2v) is 5.45. The Kier molecular flexibility index (Phi) is 4.82. The van der Waals surface area contributed by atoms with Gasteiger partial charge in [0.25, 0.3) is 0 Å². The van der Waals surface area contributed by atoms with Crippen LogP contribution < -0.4 is 10.6 Å². The number of hydrogen-bond acceptors (Lipinski definition) is 1. The van der Waals surface area contributed by atoms with Gasteiger partial charge < -0.3 is 10.6 Å². The summed E-state index contributed by atoms with van der Waals surface area (Å²) in [5.41, 5.74) is 0.911. The van der Waals surface area contributed by atoms with Crippen molar-refractivity contribution in [3.8, 4) is 0 Å². The first-order valence-electron chi connectivity index (χ1n) is 5.67. The molecule has 0 atom stereocenters. The third-order valence-electron chi connectivity index (χ3n) is 2.08. The van der Waals surface area contributed by atoms with E-state index in [9.17, 15) is 4.79 Å². The van der Waals surface area contributed by atoms with E-state index in [-0.39, 0.29) is 11.6 Å². The standard InChI is InChI=1S/C13H19ClN2O/c1-13(2,3)16-12(17)15-8-7-10-5-4-6-11(14)9-10/h4-6,9H,7-8H2,1-3H3,(H2,15,16,17). The van der Waals surface area contributed by atoms with E-state index in [0.717, 1.165) is 17.0 Å². The maximum atomic E-state index is 11.5. The molecule has 0 bridgehead atoms. The Morgan fingerprint density at radius 3 is 2.65 bits per heavy atom. The molecule has 0 spiro atoms. The molecule has 2 amide bonds. The van der Waals surface area contributed by atoms with Crippen LogP contribution in [0.2, 0.25) is 5.02 Å². The van der Waals surface area contributed by atoms with Crippen molar-refractivity contribution >= 4 is 17.6 Å². The van der Waals surface area contributed by atoms with E-state index >= 15 is 0 Å². The molecular formula is C13H19ClN2O. The molecule has 0 aliphatic rings. The van der Waals surface area contributed by atoms with Crippen LogP contribution in [-0.2, 0) is 6.42 Å². The van der Waals surface area contributed by atoms with Crippen LogP contribution in [0.5, 0.6) is 0 Å². The lowest BCUT2D eigenvalue weighted by molar-refractivity contribution is 0.232. The van der Waals surface area contributed by atoms with E-state index in [4.69, 9.17) is 11.6 Å². The topological polar surface area (TPSA) is 41.1 Å². The maximum Gasteiger partial charge on any atom is 0.315 e. The number of amides is 2. The average molecular weight is 255 g/mol. The predicted molar refractivity (Wildman–Crippen MR) is 71.4 cm³/mol. The quantitative estimate of drug-likeness (QED) is 0.856. The van der Waals surface area contributed by atoms with Crippen LogP contribution in [0, 0.1) is 0 Å². The molecule has 0 radical (unpaired) electrons. The summed E-state index contributed by atoms with van der Waals surface area (Å²) in [5.74, 6) is 0. The molecule has 3 nitrogen and oxygen atoms in total. The lowest BCUT2D eigenvalue weighted by Crippen LogP contribution is -2.46. The molecule has 17 heavy (non-hydrogen) atoms. The van der Waals surface area contributed by atoms with Gasteiger partial charge in [-0.15, -0.1) is 0 Å². The molecule has 1 aromatic carbocycles. The minimum atomic E-state index is -0.208. The SMILES string of the molecule is CC(C)(C)NC(=O)NCCc1cccc(Cl)c1. The number of halogens is 1. The summed E-state index contributed by atoms with van der Waals surface area (Å²) >= 11 is 5.87. The fraction of sp³-hybridized carbons (Fsp3) is 0.462. The van der Waals surface area contributed by atoms with Crippen LogP contribution >= 0.6 is 11.6 Å². The van der Waals surface area contributed by atoms with Gasteiger partial charge in [-0.3, -0.25) is 0 Å². The maximum absolute atomic E-state index is 11.5. The molecule has 0 fully saturated rings. The molecular weight excluding hydrogens is 236 g/mol. The zero-order chi connectivity index (χ0) is 12.9. The van der Waals surface area contributed by atoms with Gasteiger partial charge in [-0.05, 0) is 44.9 Å². The fourth-order valence-corrected chi connectivity index (χ4v) is 1.61. The summed E-state index contributed by atoms with van der Waals surface area (Å²) in [6.45, 7) is 6.44. The van der Waals surface area contributed by atoms with E-state index in [1.807, 2.05) is 45.0 Å². The number of rotatable bonds is 3. The van der Waals surface area contributed by atoms with Gasteiger partial charge in [-0.2, -0.15) is 0 Å². The van der Waals surface area contributed by atoms with Gasteiger partial charge in [0.15, 0.2) is 0 Å². The van der Waals surface area contributed by atoms with Gasteiger partial charge >= 0.3 is 6.03 Å². The Morgan fingerprint density at radius 1 is 1.35 bits per heavy atom.